The predicted molar refractivity (Wildman–Crippen MR) is 109 cm³/mol. The van der Waals surface area contributed by atoms with E-state index in [1.165, 1.54) is 0 Å². The maximum atomic E-state index is 12.8. The SMILES string of the molecule is O=C(Nc1ccc2cn[nH]c2c1)C1CCCN(c2ccc(-c3ccco3)nn2)C1. The first kappa shape index (κ1) is 17.4. The summed E-state index contributed by atoms with van der Waals surface area (Å²) in [6, 6.07) is 13.2. The van der Waals surface area contributed by atoms with Crippen molar-refractivity contribution in [2.24, 2.45) is 5.92 Å². The largest absolute Gasteiger partial charge is 0.463 e. The first-order chi connectivity index (χ1) is 14.3. The highest BCUT2D eigenvalue weighted by atomic mass is 16.3. The smallest absolute Gasteiger partial charge is 0.229 e. The number of aromatic amines is 1. The Morgan fingerprint density at radius 1 is 1.21 bits per heavy atom. The molecule has 1 aromatic carbocycles. The van der Waals surface area contributed by atoms with Crippen LogP contribution in [-0.4, -0.2) is 39.4 Å². The highest BCUT2D eigenvalue weighted by Crippen LogP contribution is 2.25. The van der Waals surface area contributed by atoms with Crippen molar-refractivity contribution >= 4 is 28.3 Å². The van der Waals surface area contributed by atoms with Gasteiger partial charge in [-0.25, -0.2) is 0 Å². The van der Waals surface area contributed by atoms with E-state index in [0.29, 0.717) is 18.0 Å². The highest BCUT2D eigenvalue weighted by molar-refractivity contribution is 5.95. The van der Waals surface area contributed by atoms with Gasteiger partial charge in [-0.15, -0.1) is 10.2 Å². The summed E-state index contributed by atoms with van der Waals surface area (Å²) >= 11 is 0. The summed E-state index contributed by atoms with van der Waals surface area (Å²) in [4.78, 5) is 14.9. The van der Waals surface area contributed by atoms with Gasteiger partial charge in [-0.3, -0.25) is 9.89 Å². The molecular formula is C21H20N6O2. The monoisotopic (exact) mass is 388 g/mol. The summed E-state index contributed by atoms with van der Waals surface area (Å²) in [6.07, 6.45) is 5.16. The van der Waals surface area contributed by atoms with E-state index < -0.39 is 0 Å². The standard InChI is InChI=1S/C21H20N6O2/c28-21(23-16-6-5-14-12-22-24-18(14)11-16)15-3-1-9-27(13-15)20-8-7-17(25-26-20)19-4-2-10-29-19/h2,4-8,10-12,15H,1,3,9,13H2,(H,22,24)(H,23,28). The second-order valence-electron chi connectivity index (χ2n) is 7.20. The van der Waals surface area contributed by atoms with Crippen LogP contribution in [-0.2, 0) is 4.79 Å². The van der Waals surface area contributed by atoms with Crippen LogP contribution in [0, 0.1) is 5.92 Å². The molecule has 1 aliphatic rings. The third-order valence-corrected chi connectivity index (χ3v) is 5.25. The zero-order chi connectivity index (χ0) is 19.6. The molecule has 29 heavy (non-hydrogen) atoms. The number of rotatable bonds is 4. The normalized spacial score (nSPS) is 16.8. The van der Waals surface area contributed by atoms with Crippen molar-refractivity contribution in [2.45, 2.75) is 12.8 Å². The van der Waals surface area contributed by atoms with Crippen molar-refractivity contribution in [1.82, 2.24) is 20.4 Å². The second kappa shape index (κ2) is 7.38. The number of carbonyl (C=O) groups is 1. The van der Waals surface area contributed by atoms with E-state index in [2.05, 4.69) is 30.6 Å². The summed E-state index contributed by atoms with van der Waals surface area (Å²) in [5, 5.41) is 19.6. The minimum absolute atomic E-state index is 0.0220. The Balaban J connectivity index is 1.26. The van der Waals surface area contributed by atoms with Gasteiger partial charge < -0.3 is 14.6 Å². The number of benzene rings is 1. The summed E-state index contributed by atoms with van der Waals surface area (Å²) in [6.45, 7) is 1.48. The molecule has 146 valence electrons. The van der Waals surface area contributed by atoms with Crippen LogP contribution in [0.25, 0.3) is 22.4 Å². The third kappa shape index (κ3) is 3.56. The molecule has 0 spiro atoms. The molecule has 1 unspecified atom stereocenters. The minimum Gasteiger partial charge on any atom is -0.463 e. The number of fused-ring (bicyclic) bond motifs is 1. The molecule has 0 aliphatic carbocycles. The third-order valence-electron chi connectivity index (χ3n) is 5.25. The lowest BCUT2D eigenvalue weighted by Gasteiger charge is -2.32. The van der Waals surface area contributed by atoms with Gasteiger partial charge in [0.15, 0.2) is 11.6 Å². The summed E-state index contributed by atoms with van der Waals surface area (Å²) in [5.74, 6) is 1.38. The number of hydrogen-bond acceptors (Lipinski definition) is 6. The molecule has 4 aromatic rings. The molecule has 1 atom stereocenters. The Kier molecular flexibility index (Phi) is 4.44. The Bertz CT molecular complexity index is 1120. The zero-order valence-corrected chi connectivity index (χ0v) is 15.7. The number of aromatic nitrogens is 4. The Hall–Kier alpha value is -3.68. The molecule has 2 N–H and O–H groups in total. The van der Waals surface area contributed by atoms with Crippen LogP contribution in [0.1, 0.15) is 12.8 Å². The number of carbonyl (C=O) groups excluding carboxylic acids is 1. The molecule has 3 aromatic heterocycles. The quantitative estimate of drug-likeness (QED) is 0.555. The Morgan fingerprint density at radius 2 is 2.17 bits per heavy atom. The van der Waals surface area contributed by atoms with Crippen LogP contribution in [0.15, 0.2) is 59.3 Å². The van der Waals surface area contributed by atoms with Gasteiger partial charge in [-0.05, 0) is 55.3 Å². The second-order valence-corrected chi connectivity index (χ2v) is 7.20. The van der Waals surface area contributed by atoms with E-state index >= 15 is 0 Å². The lowest BCUT2D eigenvalue weighted by atomic mass is 9.97. The predicted octanol–water partition coefficient (Wildman–Crippen LogP) is 3.47. The molecule has 8 heteroatoms. The number of H-pyrrole nitrogens is 1. The van der Waals surface area contributed by atoms with Gasteiger partial charge in [0.25, 0.3) is 0 Å². The lowest BCUT2D eigenvalue weighted by molar-refractivity contribution is -0.120. The Labute approximate surface area is 166 Å². The van der Waals surface area contributed by atoms with Crippen LogP contribution in [0.5, 0.6) is 0 Å². The zero-order valence-electron chi connectivity index (χ0n) is 15.7. The van der Waals surface area contributed by atoms with Gasteiger partial charge in [-0.1, -0.05) is 0 Å². The fourth-order valence-corrected chi connectivity index (χ4v) is 3.71. The van der Waals surface area contributed by atoms with E-state index in [-0.39, 0.29) is 11.8 Å². The molecular weight excluding hydrogens is 368 g/mol. The molecule has 1 amide bonds. The van der Waals surface area contributed by atoms with Crippen molar-refractivity contribution in [3.63, 3.8) is 0 Å². The van der Waals surface area contributed by atoms with Crippen LogP contribution >= 0.6 is 0 Å². The fourth-order valence-electron chi connectivity index (χ4n) is 3.71. The van der Waals surface area contributed by atoms with Crippen molar-refractivity contribution in [3.05, 3.63) is 54.9 Å². The summed E-state index contributed by atoms with van der Waals surface area (Å²) < 4.78 is 5.36. The average molecular weight is 388 g/mol. The number of nitrogens with one attached hydrogen (secondary N) is 2. The molecule has 0 bridgehead atoms. The van der Waals surface area contributed by atoms with E-state index in [4.69, 9.17) is 4.42 Å². The summed E-state index contributed by atoms with van der Waals surface area (Å²) in [5.41, 5.74) is 2.37. The summed E-state index contributed by atoms with van der Waals surface area (Å²) in [7, 11) is 0. The topological polar surface area (TPSA) is 99.9 Å². The molecule has 8 nitrogen and oxygen atoms in total. The fraction of sp³-hybridized carbons (Fsp3) is 0.238. The average Bonchev–Trinajstić information content (AvgIpc) is 3.46. The van der Waals surface area contributed by atoms with Crippen LogP contribution in [0.4, 0.5) is 11.5 Å². The van der Waals surface area contributed by atoms with Crippen molar-refractivity contribution in [1.29, 1.82) is 0 Å². The molecule has 1 fully saturated rings. The lowest BCUT2D eigenvalue weighted by Crippen LogP contribution is -2.41. The number of hydrogen-bond donors (Lipinski definition) is 2. The number of piperidine rings is 1. The van der Waals surface area contributed by atoms with Gasteiger partial charge in [0.1, 0.15) is 5.69 Å². The number of anilines is 2. The first-order valence-electron chi connectivity index (χ1n) is 9.63. The molecule has 0 saturated carbocycles. The van der Waals surface area contributed by atoms with Crippen molar-refractivity contribution < 1.29 is 9.21 Å². The molecule has 5 rings (SSSR count). The van der Waals surface area contributed by atoms with Crippen molar-refractivity contribution in [3.8, 4) is 11.5 Å². The van der Waals surface area contributed by atoms with E-state index in [1.54, 1.807) is 12.5 Å². The van der Waals surface area contributed by atoms with Crippen LogP contribution in [0.2, 0.25) is 0 Å². The number of furan rings is 1. The number of nitrogens with zero attached hydrogens (tertiary/aromatic N) is 4. The van der Waals surface area contributed by atoms with Gasteiger partial charge >= 0.3 is 0 Å². The van der Waals surface area contributed by atoms with Gasteiger partial charge in [0.05, 0.1) is 23.9 Å². The first-order valence-corrected chi connectivity index (χ1v) is 9.63. The highest BCUT2D eigenvalue weighted by Gasteiger charge is 2.27. The van der Waals surface area contributed by atoms with E-state index in [1.807, 2.05) is 42.5 Å². The number of amides is 1. The molecule has 4 heterocycles. The Morgan fingerprint density at radius 3 is 3.00 bits per heavy atom. The maximum absolute atomic E-state index is 12.8. The van der Waals surface area contributed by atoms with E-state index in [9.17, 15) is 4.79 Å². The van der Waals surface area contributed by atoms with Crippen LogP contribution in [0.3, 0.4) is 0 Å². The van der Waals surface area contributed by atoms with Gasteiger partial charge in [0, 0.05) is 24.2 Å². The van der Waals surface area contributed by atoms with Crippen molar-refractivity contribution in [2.75, 3.05) is 23.3 Å². The van der Waals surface area contributed by atoms with Gasteiger partial charge in [-0.2, -0.15) is 5.10 Å². The molecule has 0 radical (unpaired) electrons. The van der Waals surface area contributed by atoms with E-state index in [0.717, 1.165) is 41.8 Å². The molecule has 1 saturated heterocycles. The molecule has 1 aliphatic heterocycles. The van der Waals surface area contributed by atoms with Gasteiger partial charge in [0.2, 0.25) is 5.91 Å². The maximum Gasteiger partial charge on any atom is 0.229 e. The van der Waals surface area contributed by atoms with Crippen LogP contribution < -0.4 is 10.2 Å². The minimum atomic E-state index is -0.104.